The highest BCUT2D eigenvalue weighted by Crippen LogP contribution is 2.43. The van der Waals surface area contributed by atoms with E-state index in [1.165, 1.54) is 37.9 Å². The van der Waals surface area contributed by atoms with Crippen LogP contribution in [-0.4, -0.2) is 0 Å². The highest BCUT2D eigenvalue weighted by atomic mass is 15.1. The first-order valence-corrected chi connectivity index (χ1v) is 10.6. The molecular weight excluding hydrogens is 376 g/mol. The van der Waals surface area contributed by atoms with Crippen LogP contribution in [0.4, 0.5) is 22.7 Å². The van der Waals surface area contributed by atoms with Crippen LogP contribution in [0.1, 0.15) is 5.56 Å². The van der Waals surface area contributed by atoms with Gasteiger partial charge in [0.15, 0.2) is 0 Å². The van der Waals surface area contributed by atoms with Crippen molar-refractivity contribution >= 4 is 55.1 Å². The molecule has 0 aromatic heterocycles. The molecule has 0 saturated heterocycles. The second-order valence-electron chi connectivity index (χ2n) is 8.21. The van der Waals surface area contributed by atoms with E-state index in [4.69, 9.17) is 5.73 Å². The summed E-state index contributed by atoms with van der Waals surface area (Å²) in [4.78, 5) is 2.31. The van der Waals surface area contributed by atoms with Gasteiger partial charge < -0.3 is 10.6 Å². The minimum absolute atomic E-state index is 0.757. The zero-order valence-corrected chi connectivity index (χ0v) is 17.3. The zero-order chi connectivity index (χ0) is 20.9. The van der Waals surface area contributed by atoms with Gasteiger partial charge in [-0.05, 0) is 70.3 Å². The smallest absolute Gasteiger partial charge is 0.0540 e. The molecule has 0 spiro atoms. The van der Waals surface area contributed by atoms with Gasteiger partial charge in [-0.15, -0.1) is 0 Å². The number of nitrogens with zero attached hydrogens (tertiary/aromatic N) is 1. The fraction of sp³-hybridized carbons (Fsp3) is 0.0345. The van der Waals surface area contributed by atoms with Gasteiger partial charge in [0, 0.05) is 22.4 Å². The van der Waals surface area contributed by atoms with Crippen molar-refractivity contribution in [1.82, 2.24) is 0 Å². The van der Waals surface area contributed by atoms with Gasteiger partial charge in [0.1, 0.15) is 0 Å². The van der Waals surface area contributed by atoms with Gasteiger partial charge in [0.2, 0.25) is 0 Å². The van der Waals surface area contributed by atoms with Crippen LogP contribution < -0.4 is 10.6 Å². The molecule has 2 N–H and O–H groups in total. The van der Waals surface area contributed by atoms with Gasteiger partial charge in [-0.1, -0.05) is 72.3 Å². The standard InChI is InChI=1S/C29H22N2/c1-19-8-14-24(15-9-19)31(25-7-3-6-23(30)18-25)27-17-13-22-11-10-20-4-2-5-21-12-16-26(27)29(22)28(20)21/h2-18H,30H2,1H3. The largest absolute Gasteiger partial charge is 0.399 e. The molecule has 0 atom stereocenters. The minimum atomic E-state index is 0.757. The number of nitrogens with two attached hydrogens (primary N) is 1. The Morgan fingerprint density at radius 1 is 0.581 bits per heavy atom. The number of aryl methyl sites for hydroxylation is 1. The summed E-state index contributed by atoms with van der Waals surface area (Å²) in [5, 5.41) is 7.70. The van der Waals surface area contributed by atoms with Gasteiger partial charge in [-0.2, -0.15) is 0 Å². The number of anilines is 4. The van der Waals surface area contributed by atoms with Gasteiger partial charge in [0.05, 0.1) is 5.69 Å². The second-order valence-corrected chi connectivity index (χ2v) is 8.21. The van der Waals surface area contributed by atoms with E-state index in [1.54, 1.807) is 0 Å². The third-order valence-electron chi connectivity index (χ3n) is 6.17. The topological polar surface area (TPSA) is 29.3 Å². The van der Waals surface area contributed by atoms with Crippen molar-refractivity contribution in [3.05, 3.63) is 109 Å². The number of benzene rings is 6. The lowest BCUT2D eigenvalue weighted by Crippen LogP contribution is -2.11. The van der Waals surface area contributed by atoms with E-state index in [-0.39, 0.29) is 0 Å². The number of rotatable bonds is 3. The molecule has 0 fully saturated rings. The van der Waals surface area contributed by atoms with Crippen molar-refractivity contribution in [2.24, 2.45) is 0 Å². The third-order valence-corrected chi connectivity index (χ3v) is 6.17. The van der Waals surface area contributed by atoms with E-state index in [0.717, 1.165) is 22.7 Å². The Balaban J connectivity index is 1.70. The Hall–Kier alpha value is -4.04. The van der Waals surface area contributed by atoms with E-state index in [2.05, 4.69) is 96.8 Å². The molecule has 0 heterocycles. The normalized spacial score (nSPS) is 11.5. The SMILES string of the molecule is Cc1ccc(N(c2cccc(N)c2)c2ccc3ccc4cccc5ccc2c3c45)cc1. The lowest BCUT2D eigenvalue weighted by atomic mass is 9.93. The van der Waals surface area contributed by atoms with Crippen LogP contribution in [0.5, 0.6) is 0 Å². The summed E-state index contributed by atoms with van der Waals surface area (Å²) in [6.45, 7) is 2.12. The summed E-state index contributed by atoms with van der Waals surface area (Å²) in [5.74, 6) is 0. The van der Waals surface area contributed by atoms with Crippen molar-refractivity contribution in [2.75, 3.05) is 10.6 Å². The van der Waals surface area contributed by atoms with E-state index < -0.39 is 0 Å². The summed E-state index contributed by atoms with van der Waals surface area (Å²) in [6.07, 6.45) is 0. The third kappa shape index (κ3) is 2.80. The Labute approximate surface area is 181 Å². The molecule has 6 rings (SSSR count). The van der Waals surface area contributed by atoms with Crippen molar-refractivity contribution in [1.29, 1.82) is 0 Å². The lowest BCUT2D eigenvalue weighted by Gasteiger charge is -2.28. The predicted octanol–water partition coefficient (Wildman–Crippen LogP) is 7.94. The first kappa shape index (κ1) is 17.8. The number of hydrogen-bond acceptors (Lipinski definition) is 2. The summed E-state index contributed by atoms with van der Waals surface area (Å²) < 4.78 is 0. The Kier molecular flexibility index (Phi) is 3.87. The summed E-state index contributed by atoms with van der Waals surface area (Å²) in [6, 6.07) is 36.7. The fourth-order valence-corrected chi connectivity index (χ4v) is 4.70. The Morgan fingerprint density at radius 2 is 1.23 bits per heavy atom. The van der Waals surface area contributed by atoms with Gasteiger partial charge in [-0.3, -0.25) is 0 Å². The molecular formula is C29H22N2. The molecule has 2 nitrogen and oxygen atoms in total. The zero-order valence-electron chi connectivity index (χ0n) is 17.3. The maximum Gasteiger partial charge on any atom is 0.0540 e. The summed E-state index contributed by atoms with van der Waals surface area (Å²) >= 11 is 0. The molecule has 6 aromatic carbocycles. The van der Waals surface area contributed by atoms with Crippen LogP contribution in [-0.2, 0) is 0 Å². The van der Waals surface area contributed by atoms with Crippen LogP contribution in [0, 0.1) is 6.92 Å². The molecule has 0 aliphatic heterocycles. The van der Waals surface area contributed by atoms with Crippen LogP contribution in [0.25, 0.3) is 32.3 Å². The molecule has 0 amide bonds. The van der Waals surface area contributed by atoms with Crippen LogP contribution >= 0.6 is 0 Å². The average Bonchev–Trinajstić information content (AvgIpc) is 2.80. The van der Waals surface area contributed by atoms with Gasteiger partial charge in [0.25, 0.3) is 0 Å². The Bertz CT molecular complexity index is 1530. The highest BCUT2D eigenvalue weighted by Gasteiger charge is 2.18. The van der Waals surface area contributed by atoms with Crippen molar-refractivity contribution in [3.63, 3.8) is 0 Å². The van der Waals surface area contributed by atoms with Crippen LogP contribution in [0.3, 0.4) is 0 Å². The van der Waals surface area contributed by atoms with E-state index in [9.17, 15) is 0 Å². The molecule has 148 valence electrons. The molecule has 0 aliphatic rings. The highest BCUT2D eigenvalue weighted by molar-refractivity contribution is 6.25. The number of hydrogen-bond donors (Lipinski definition) is 1. The van der Waals surface area contributed by atoms with Crippen molar-refractivity contribution in [3.8, 4) is 0 Å². The Morgan fingerprint density at radius 3 is 1.97 bits per heavy atom. The van der Waals surface area contributed by atoms with E-state index in [0.29, 0.717) is 0 Å². The molecule has 0 saturated carbocycles. The maximum absolute atomic E-state index is 6.18. The molecule has 0 bridgehead atoms. The minimum Gasteiger partial charge on any atom is -0.399 e. The second kappa shape index (κ2) is 6.75. The monoisotopic (exact) mass is 398 g/mol. The van der Waals surface area contributed by atoms with Gasteiger partial charge in [-0.25, -0.2) is 0 Å². The molecule has 0 aliphatic carbocycles. The first-order chi connectivity index (χ1) is 15.2. The fourth-order valence-electron chi connectivity index (χ4n) is 4.70. The quantitative estimate of drug-likeness (QED) is 0.242. The molecule has 0 unspecified atom stereocenters. The lowest BCUT2D eigenvalue weighted by molar-refractivity contribution is 1.29. The number of nitrogen functional groups attached to an aromatic ring is 1. The van der Waals surface area contributed by atoms with E-state index >= 15 is 0 Å². The predicted molar refractivity (Wildman–Crippen MR) is 134 cm³/mol. The molecule has 6 aromatic rings. The van der Waals surface area contributed by atoms with Crippen molar-refractivity contribution in [2.45, 2.75) is 6.92 Å². The van der Waals surface area contributed by atoms with Gasteiger partial charge >= 0.3 is 0 Å². The molecule has 0 radical (unpaired) electrons. The van der Waals surface area contributed by atoms with E-state index in [1.807, 2.05) is 18.2 Å². The average molecular weight is 399 g/mol. The maximum atomic E-state index is 6.18. The summed E-state index contributed by atoms with van der Waals surface area (Å²) in [5.41, 5.74) is 11.5. The van der Waals surface area contributed by atoms with Crippen LogP contribution in [0.15, 0.2) is 103 Å². The molecule has 31 heavy (non-hydrogen) atoms. The first-order valence-electron chi connectivity index (χ1n) is 10.6. The summed E-state index contributed by atoms with van der Waals surface area (Å²) in [7, 11) is 0. The molecule has 2 heteroatoms. The van der Waals surface area contributed by atoms with Crippen LogP contribution in [0.2, 0.25) is 0 Å². The van der Waals surface area contributed by atoms with Crippen molar-refractivity contribution < 1.29 is 0 Å².